The third-order valence-corrected chi connectivity index (χ3v) is 4.43. The van der Waals surface area contributed by atoms with Crippen LogP contribution in [-0.2, 0) is 17.6 Å². The minimum absolute atomic E-state index is 0.0677. The summed E-state index contributed by atoms with van der Waals surface area (Å²) in [5, 5.41) is 23.8. The molecular formula is C22H20N2O4. The number of aromatic hydroxyl groups is 1. The number of nitrogens with zero attached hydrogens (tertiary/aromatic N) is 1. The molecule has 142 valence electrons. The molecular weight excluding hydrogens is 356 g/mol. The van der Waals surface area contributed by atoms with Crippen molar-refractivity contribution in [2.75, 3.05) is 0 Å². The van der Waals surface area contributed by atoms with E-state index in [1.807, 2.05) is 36.4 Å². The number of hydrogen-bond acceptors (Lipinski definition) is 4. The third-order valence-electron chi connectivity index (χ3n) is 4.43. The number of carbonyl (C=O) groups excluding carboxylic acids is 1. The van der Waals surface area contributed by atoms with Crippen LogP contribution in [0, 0.1) is 10.1 Å². The molecule has 3 aromatic carbocycles. The van der Waals surface area contributed by atoms with Crippen LogP contribution >= 0.6 is 0 Å². The van der Waals surface area contributed by atoms with Crippen LogP contribution in [-0.4, -0.2) is 15.9 Å². The maximum atomic E-state index is 12.6. The van der Waals surface area contributed by atoms with E-state index in [0.29, 0.717) is 12.0 Å². The summed E-state index contributed by atoms with van der Waals surface area (Å²) >= 11 is 0. The van der Waals surface area contributed by atoms with Gasteiger partial charge in [-0.1, -0.05) is 60.7 Å². The van der Waals surface area contributed by atoms with Crippen molar-refractivity contribution in [3.05, 3.63) is 106 Å². The molecule has 0 fully saturated rings. The summed E-state index contributed by atoms with van der Waals surface area (Å²) in [6, 6.07) is 22.3. The first-order chi connectivity index (χ1) is 13.5. The fourth-order valence-corrected chi connectivity index (χ4v) is 3.11. The molecule has 3 aromatic rings. The fraction of sp³-hybridized carbons (Fsp3) is 0.136. The zero-order valence-corrected chi connectivity index (χ0v) is 15.1. The first-order valence-corrected chi connectivity index (χ1v) is 8.87. The number of carbonyl (C=O) groups is 1. The number of para-hydroxylation sites is 1. The summed E-state index contributed by atoms with van der Waals surface area (Å²) in [7, 11) is 0. The Morgan fingerprint density at radius 1 is 1.00 bits per heavy atom. The number of nitrogens with one attached hydrogen (secondary N) is 1. The van der Waals surface area contributed by atoms with Gasteiger partial charge in [0.2, 0.25) is 5.91 Å². The Bertz CT molecular complexity index is 973. The predicted octanol–water partition coefficient (Wildman–Crippen LogP) is 3.94. The van der Waals surface area contributed by atoms with Crippen LogP contribution in [0.15, 0.2) is 78.9 Å². The third kappa shape index (κ3) is 4.94. The van der Waals surface area contributed by atoms with Crippen molar-refractivity contribution in [3.63, 3.8) is 0 Å². The van der Waals surface area contributed by atoms with E-state index < -0.39 is 4.92 Å². The van der Waals surface area contributed by atoms with Gasteiger partial charge in [-0.25, -0.2) is 0 Å². The molecule has 0 saturated carbocycles. The Morgan fingerprint density at radius 2 is 1.71 bits per heavy atom. The van der Waals surface area contributed by atoms with Gasteiger partial charge in [0, 0.05) is 11.6 Å². The zero-order valence-electron chi connectivity index (χ0n) is 15.1. The molecule has 0 aliphatic rings. The Morgan fingerprint density at radius 3 is 2.43 bits per heavy atom. The highest BCUT2D eigenvalue weighted by molar-refractivity contribution is 5.80. The van der Waals surface area contributed by atoms with E-state index in [1.54, 1.807) is 36.4 Å². The summed E-state index contributed by atoms with van der Waals surface area (Å²) in [6.45, 7) is 0. The van der Waals surface area contributed by atoms with E-state index in [4.69, 9.17) is 0 Å². The van der Waals surface area contributed by atoms with Crippen LogP contribution in [0.25, 0.3) is 0 Å². The number of hydrogen-bond donors (Lipinski definition) is 2. The lowest BCUT2D eigenvalue weighted by atomic mass is 9.98. The van der Waals surface area contributed by atoms with Gasteiger partial charge < -0.3 is 10.4 Å². The molecule has 0 aliphatic heterocycles. The molecule has 0 aromatic heterocycles. The molecule has 1 unspecified atom stereocenters. The second-order valence-electron chi connectivity index (χ2n) is 6.47. The van der Waals surface area contributed by atoms with Gasteiger partial charge >= 0.3 is 0 Å². The lowest BCUT2D eigenvalue weighted by molar-refractivity contribution is -0.385. The molecule has 0 saturated heterocycles. The lowest BCUT2D eigenvalue weighted by Crippen LogP contribution is -2.31. The van der Waals surface area contributed by atoms with Gasteiger partial charge in [-0.05, 0) is 29.7 Å². The predicted molar refractivity (Wildman–Crippen MR) is 106 cm³/mol. The van der Waals surface area contributed by atoms with Crippen molar-refractivity contribution in [1.82, 2.24) is 5.32 Å². The Balaban J connectivity index is 1.79. The molecule has 1 atom stereocenters. The second kappa shape index (κ2) is 8.81. The molecule has 0 bridgehead atoms. The smallest absolute Gasteiger partial charge is 0.273 e. The number of nitro groups is 1. The number of phenolic OH excluding ortho intramolecular Hbond substituents is 1. The van der Waals surface area contributed by atoms with E-state index in [2.05, 4.69) is 5.32 Å². The number of amides is 1. The van der Waals surface area contributed by atoms with E-state index in [-0.39, 0.29) is 29.8 Å². The lowest BCUT2D eigenvalue weighted by Gasteiger charge is -2.20. The SMILES string of the molecule is O=C(Cc1ccccc1[N+](=O)[O-])NC(Cc1cccc(O)c1)c1ccccc1. The van der Waals surface area contributed by atoms with Gasteiger partial charge in [0.05, 0.1) is 17.4 Å². The zero-order chi connectivity index (χ0) is 19.9. The molecule has 28 heavy (non-hydrogen) atoms. The maximum absolute atomic E-state index is 12.6. The summed E-state index contributed by atoms with van der Waals surface area (Å²) in [4.78, 5) is 23.3. The van der Waals surface area contributed by atoms with Crippen molar-refractivity contribution in [2.45, 2.75) is 18.9 Å². The maximum Gasteiger partial charge on any atom is 0.273 e. The minimum atomic E-state index is -0.482. The van der Waals surface area contributed by atoms with E-state index in [9.17, 15) is 20.0 Å². The highest BCUT2D eigenvalue weighted by Gasteiger charge is 2.19. The van der Waals surface area contributed by atoms with Crippen molar-refractivity contribution in [3.8, 4) is 5.75 Å². The van der Waals surface area contributed by atoms with Gasteiger partial charge in [-0.3, -0.25) is 14.9 Å². The van der Waals surface area contributed by atoms with Crippen LogP contribution in [0.4, 0.5) is 5.69 Å². The van der Waals surface area contributed by atoms with Crippen molar-refractivity contribution in [1.29, 1.82) is 0 Å². The van der Waals surface area contributed by atoms with Gasteiger partial charge in [0.25, 0.3) is 5.69 Å². The average Bonchev–Trinajstić information content (AvgIpc) is 2.68. The molecule has 0 heterocycles. The first-order valence-electron chi connectivity index (χ1n) is 8.87. The number of phenols is 1. The Hall–Kier alpha value is -3.67. The molecule has 0 spiro atoms. The quantitative estimate of drug-likeness (QED) is 0.482. The topological polar surface area (TPSA) is 92.5 Å². The summed E-state index contributed by atoms with van der Waals surface area (Å²) in [5.41, 5.74) is 2.10. The highest BCUT2D eigenvalue weighted by atomic mass is 16.6. The Labute approximate surface area is 162 Å². The van der Waals surface area contributed by atoms with E-state index in [1.165, 1.54) is 6.07 Å². The Kier molecular flexibility index (Phi) is 6.01. The van der Waals surface area contributed by atoms with Crippen LogP contribution in [0.1, 0.15) is 22.7 Å². The number of rotatable bonds is 7. The summed E-state index contributed by atoms with van der Waals surface area (Å²) < 4.78 is 0. The molecule has 0 aliphatic carbocycles. The van der Waals surface area contributed by atoms with Gasteiger partial charge in [0.1, 0.15) is 5.75 Å². The molecule has 0 radical (unpaired) electrons. The van der Waals surface area contributed by atoms with E-state index >= 15 is 0 Å². The van der Waals surface area contributed by atoms with Crippen LogP contribution in [0.5, 0.6) is 5.75 Å². The minimum Gasteiger partial charge on any atom is -0.508 e. The largest absolute Gasteiger partial charge is 0.508 e. The summed E-state index contributed by atoms with van der Waals surface area (Å²) in [6.07, 6.45) is 0.404. The highest BCUT2D eigenvalue weighted by Crippen LogP contribution is 2.22. The van der Waals surface area contributed by atoms with Crippen LogP contribution < -0.4 is 5.32 Å². The second-order valence-corrected chi connectivity index (χ2v) is 6.47. The average molecular weight is 376 g/mol. The fourth-order valence-electron chi connectivity index (χ4n) is 3.11. The monoisotopic (exact) mass is 376 g/mol. The normalized spacial score (nSPS) is 11.6. The first kappa shape index (κ1) is 19.1. The molecule has 6 nitrogen and oxygen atoms in total. The van der Waals surface area contributed by atoms with Crippen molar-refractivity contribution < 1.29 is 14.8 Å². The van der Waals surface area contributed by atoms with Crippen LogP contribution in [0.3, 0.4) is 0 Å². The van der Waals surface area contributed by atoms with Crippen molar-refractivity contribution >= 4 is 11.6 Å². The van der Waals surface area contributed by atoms with Crippen molar-refractivity contribution in [2.24, 2.45) is 0 Å². The summed E-state index contributed by atoms with van der Waals surface area (Å²) in [5.74, 6) is -0.140. The van der Waals surface area contributed by atoms with Crippen LogP contribution in [0.2, 0.25) is 0 Å². The number of nitro benzene ring substituents is 1. The van der Waals surface area contributed by atoms with Gasteiger partial charge in [-0.2, -0.15) is 0 Å². The van der Waals surface area contributed by atoms with Gasteiger partial charge in [0.15, 0.2) is 0 Å². The molecule has 3 rings (SSSR count). The molecule has 1 amide bonds. The molecule has 2 N–H and O–H groups in total. The molecule has 6 heteroatoms. The standard InChI is InChI=1S/C22H20N2O4/c25-19-11-6-7-16(13-19)14-20(17-8-2-1-3-9-17)23-22(26)15-18-10-4-5-12-21(18)24(27)28/h1-13,20,25H,14-15H2,(H,23,26). The number of benzene rings is 3. The van der Waals surface area contributed by atoms with Gasteiger partial charge in [-0.15, -0.1) is 0 Å². The van der Waals surface area contributed by atoms with E-state index in [0.717, 1.165) is 11.1 Å².